The van der Waals surface area contributed by atoms with Gasteiger partial charge in [-0.2, -0.15) is 0 Å². The molecule has 1 aromatic heterocycles. The summed E-state index contributed by atoms with van der Waals surface area (Å²) in [5.41, 5.74) is 8.46. The number of carboxylic acid groups (broad SMARTS) is 1. The van der Waals surface area contributed by atoms with E-state index in [0.29, 0.717) is 5.56 Å². The van der Waals surface area contributed by atoms with Crippen molar-refractivity contribution < 1.29 is 29.4 Å². The third-order valence-electron chi connectivity index (χ3n) is 6.50. The van der Waals surface area contributed by atoms with Crippen LogP contribution < -0.4 is 21.7 Å². The second-order valence-electron chi connectivity index (χ2n) is 10.2. The average Bonchev–Trinajstić information content (AvgIpc) is 3.33. The van der Waals surface area contributed by atoms with Crippen molar-refractivity contribution in [3.8, 4) is 0 Å². The molecule has 0 aliphatic carbocycles. The predicted molar refractivity (Wildman–Crippen MR) is 150 cm³/mol. The molecule has 11 nitrogen and oxygen atoms in total. The van der Waals surface area contributed by atoms with Crippen molar-refractivity contribution >= 4 is 34.6 Å². The Bertz CT molecular complexity index is 1310. The zero-order chi connectivity index (χ0) is 29.2. The fourth-order valence-electron chi connectivity index (χ4n) is 4.40. The van der Waals surface area contributed by atoms with Crippen LogP contribution in [0.15, 0.2) is 60.8 Å². The van der Waals surface area contributed by atoms with Crippen LogP contribution in [0.25, 0.3) is 10.9 Å². The molecule has 3 rings (SSSR count). The van der Waals surface area contributed by atoms with Crippen LogP contribution in [-0.2, 0) is 32.0 Å². The molecule has 2 aromatic carbocycles. The summed E-state index contributed by atoms with van der Waals surface area (Å²) >= 11 is 0. The van der Waals surface area contributed by atoms with E-state index in [2.05, 4.69) is 20.9 Å². The third kappa shape index (κ3) is 8.39. The summed E-state index contributed by atoms with van der Waals surface area (Å²) in [5.74, 6) is -3.33. The van der Waals surface area contributed by atoms with Crippen LogP contribution in [0.1, 0.15) is 31.4 Å². The van der Waals surface area contributed by atoms with Crippen LogP contribution in [0.5, 0.6) is 0 Å². The lowest BCUT2D eigenvalue weighted by Crippen LogP contribution is -2.58. The van der Waals surface area contributed by atoms with Gasteiger partial charge < -0.3 is 36.9 Å². The summed E-state index contributed by atoms with van der Waals surface area (Å²) in [6.45, 7) is 2.97. The van der Waals surface area contributed by atoms with Crippen molar-refractivity contribution in [3.05, 3.63) is 71.9 Å². The number of carbonyl (C=O) groups excluding carboxylic acids is 3. The van der Waals surface area contributed by atoms with Crippen molar-refractivity contribution in [1.29, 1.82) is 0 Å². The van der Waals surface area contributed by atoms with Gasteiger partial charge >= 0.3 is 5.97 Å². The number of aromatic nitrogens is 1. The normalized spacial score (nSPS) is 14.2. The quantitative estimate of drug-likeness (QED) is 0.155. The Morgan fingerprint density at radius 3 is 2.08 bits per heavy atom. The number of carbonyl (C=O) groups is 4. The summed E-state index contributed by atoms with van der Waals surface area (Å²) in [5, 5.41) is 27.9. The van der Waals surface area contributed by atoms with E-state index in [9.17, 15) is 29.4 Å². The highest BCUT2D eigenvalue weighted by atomic mass is 16.4. The number of benzene rings is 2. The largest absolute Gasteiger partial charge is 0.480 e. The molecular weight excluding hydrogens is 514 g/mol. The molecule has 214 valence electrons. The Morgan fingerprint density at radius 2 is 1.43 bits per heavy atom. The van der Waals surface area contributed by atoms with Gasteiger partial charge in [-0.05, 0) is 36.0 Å². The van der Waals surface area contributed by atoms with Crippen LogP contribution in [0.2, 0.25) is 0 Å². The molecule has 3 aromatic rings. The first-order chi connectivity index (χ1) is 19.1. The minimum absolute atomic E-state index is 0.00960. The molecular formula is C29H37N5O6. The van der Waals surface area contributed by atoms with E-state index in [1.807, 2.05) is 68.4 Å². The van der Waals surface area contributed by atoms with Gasteiger partial charge in [0.1, 0.15) is 18.1 Å². The Kier molecular flexibility index (Phi) is 10.8. The van der Waals surface area contributed by atoms with E-state index in [-0.39, 0.29) is 25.2 Å². The molecule has 0 aliphatic heterocycles. The molecule has 0 bridgehead atoms. The van der Waals surface area contributed by atoms with E-state index in [1.165, 1.54) is 0 Å². The van der Waals surface area contributed by atoms with Crippen molar-refractivity contribution in [3.63, 3.8) is 0 Å². The van der Waals surface area contributed by atoms with Crippen LogP contribution in [0, 0.1) is 5.92 Å². The summed E-state index contributed by atoms with van der Waals surface area (Å²) < 4.78 is 0. The number of hydrogen-bond acceptors (Lipinski definition) is 6. The number of aliphatic hydroxyl groups is 1. The molecule has 4 unspecified atom stereocenters. The summed E-state index contributed by atoms with van der Waals surface area (Å²) in [4.78, 5) is 53.8. The van der Waals surface area contributed by atoms with E-state index in [4.69, 9.17) is 5.73 Å². The number of nitrogens with two attached hydrogens (primary N) is 1. The molecule has 0 spiro atoms. The van der Waals surface area contributed by atoms with Crippen molar-refractivity contribution in [2.45, 2.75) is 57.3 Å². The fourth-order valence-corrected chi connectivity index (χ4v) is 4.40. The van der Waals surface area contributed by atoms with Crippen LogP contribution in [-0.4, -0.2) is 69.7 Å². The van der Waals surface area contributed by atoms with Gasteiger partial charge in [0, 0.05) is 23.5 Å². The second kappa shape index (κ2) is 14.2. The second-order valence-corrected chi connectivity index (χ2v) is 10.2. The van der Waals surface area contributed by atoms with Crippen molar-refractivity contribution in [2.75, 3.05) is 6.61 Å². The van der Waals surface area contributed by atoms with Gasteiger partial charge in [-0.1, -0.05) is 62.4 Å². The van der Waals surface area contributed by atoms with E-state index in [1.54, 1.807) is 6.20 Å². The summed E-state index contributed by atoms with van der Waals surface area (Å²) in [7, 11) is 0. The zero-order valence-corrected chi connectivity index (χ0v) is 22.6. The first-order valence-electron chi connectivity index (χ1n) is 13.2. The molecule has 4 atom stereocenters. The van der Waals surface area contributed by atoms with E-state index in [0.717, 1.165) is 16.5 Å². The van der Waals surface area contributed by atoms with Gasteiger partial charge in [-0.3, -0.25) is 14.4 Å². The Balaban J connectivity index is 1.64. The number of para-hydroxylation sites is 1. The number of aliphatic carboxylic acids is 1. The van der Waals surface area contributed by atoms with Crippen LogP contribution in [0.3, 0.4) is 0 Å². The highest BCUT2D eigenvalue weighted by Gasteiger charge is 2.31. The molecule has 0 saturated carbocycles. The molecule has 11 heteroatoms. The standard InChI is InChI=1S/C29H37N5O6/c1-17(2)12-23(32-26(36)21(30)13-18-8-4-3-5-9-18)27(37)34-25(16-35)28(38)33-24(29(39)40)14-19-15-31-22-11-7-6-10-20(19)22/h3-11,15,17,21,23-25,31,35H,12-14,16,30H2,1-2H3,(H,32,36)(H,33,38)(H,34,37)(H,39,40). The highest BCUT2D eigenvalue weighted by Crippen LogP contribution is 2.19. The van der Waals surface area contributed by atoms with Crippen molar-refractivity contribution in [2.24, 2.45) is 11.7 Å². The van der Waals surface area contributed by atoms with Crippen molar-refractivity contribution in [1.82, 2.24) is 20.9 Å². The lowest BCUT2D eigenvalue weighted by molar-refractivity contribution is -0.142. The SMILES string of the molecule is CC(C)CC(NC(=O)C(N)Cc1ccccc1)C(=O)NC(CO)C(=O)NC(Cc1c[nH]c2ccccc12)C(=O)O. The molecule has 40 heavy (non-hydrogen) atoms. The first-order valence-corrected chi connectivity index (χ1v) is 13.2. The van der Waals surface area contributed by atoms with Gasteiger partial charge in [0.25, 0.3) is 0 Å². The minimum atomic E-state index is -1.43. The van der Waals surface area contributed by atoms with Crippen LogP contribution in [0.4, 0.5) is 0 Å². The maximum atomic E-state index is 13.1. The van der Waals surface area contributed by atoms with E-state index < -0.39 is 54.5 Å². The zero-order valence-electron chi connectivity index (χ0n) is 22.6. The molecule has 0 saturated heterocycles. The maximum Gasteiger partial charge on any atom is 0.326 e. The monoisotopic (exact) mass is 551 g/mol. The number of aromatic amines is 1. The molecule has 0 aliphatic rings. The Morgan fingerprint density at radius 1 is 0.825 bits per heavy atom. The Labute approximate surface area is 232 Å². The van der Waals surface area contributed by atoms with E-state index >= 15 is 0 Å². The molecule has 8 N–H and O–H groups in total. The number of fused-ring (bicyclic) bond motifs is 1. The van der Waals surface area contributed by atoms with Gasteiger partial charge in [-0.15, -0.1) is 0 Å². The number of amides is 3. The molecule has 3 amide bonds. The van der Waals surface area contributed by atoms with Gasteiger partial charge in [0.15, 0.2) is 0 Å². The number of hydrogen-bond donors (Lipinski definition) is 7. The molecule has 0 radical (unpaired) electrons. The maximum absolute atomic E-state index is 13.1. The predicted octanol–water partition coefficient (Wildman–Crippen LogP) is 0.858. The summed E-state index contributed by atoms with van der Waals surface area (Å²) in [6, 6.07) is 11.9. The number of aliphatic hydroxyl groups excluding tert-OH is 1. The third-order valence-corrected chi connectivity index (χ3v) is 6.50. The molecule has 1 heterocycles. The number of carboxylic acids is 1. The topological polar surface area (TPSA) is 187 Å². The average molecular weight is 552 g/mol. The van der Waals surface area contributed by atoms with Gasteiger partial charge in [0.2, 0.25) is 17.7 Å². The van der Waals surface area contributed by atoms with Gasteiger partial charge in [0.05, 0.1) is 12.6 Å². The lowest BCUT2D eigenvalue weighted by atomic mass is 10.0. The Hall–Kier alpha value is -4.22. The number of nitrogens with one attached hydrogen (secondary N) is 4. The lowest BCUT2D eigenvalue weighted by Gasteiger charge is -2.25. The highest BCUT2D eigenvalue weighted by molar-refractivity contribution is 5.94. The fraction of sp³-hybridized carbons (Fsp3) is 0.379. The van der Waals surface area contributed by atoms with Gasteiger partial charge in [-0.25, -0.2) is 4.79 Å². The minimum Gasteiger partial charge on any atom is -0.480 e. The van der Waals surface area contributed by atoms with Crippen LogP contribution >= 0.6 is 0 Å². The summed E-state index contributed by atoms with van der Waals surface area (Å²) in [6.07, 6.45) is 2.20. The smallest absolute Gasteiger partial charge is 0.326 e. The number of H-pyrrole nitrogens is 1. The first kappa shape index (κ1) is 30.3. The number of rotatable bonds is 14. The molecule has 0 fully saturated rings.